The monoisotopic (exact) mass is 307 g/mol. The maximum absolute atomic E-state index is 12.0. The molecule has 0 spiro atoms. The third kappa shape index (κ3) is 5.95. The summed E-state index contributed by atoms with van der Waals surface area (Å²) in [5.74, 6) is -0.614. The maximum atomic E-state index is 12.0. The number of hydrogen-bond acceptors (Lipinski definition) is 4. The summed E-state index contributed by atoms with van der Waals surface area (Å²) < 4.78 is 5.30. The predicted octanol–water partition coefficient (Wildman–Crippen LogP) is 1.98. The number of ketones is 1. The number of hydrogen-bond donors (Lipinski definition) is 1. The molecule has 0 saturated heterocycles. The molecule has 0 atom stereocenters. The van der Waals surface area contributed by atoms with Crippen molar-refractivity contribution in [3.63, 3.8) is 0 Å². The van der Waals surface area contributed by atoms with E-state index in [2.05, 4.69) is 0 Å². The quantitative estimate of drug-likeness (QED) is 0.705. The van der Waals surface area contributed by atoms with E-state index in [1.54, 1.807) is 24.3 Å². The fraction of sp³-hybridized carbons (Fsp3) is 0.438. The number of Topliss-reactive ketones (excluding diaryl/α,β-unsaturated/α-hetero) is 1. The zero-order chi connectivity index (χ0) is 16.5. The summed E-state index contributed by atoms with van der Waals surface area (Å²) in [7, 11) is 1.53. The topological polar surface area (TPSA) is 83.9 Å². The number of benzene rings is 1. The molecule has 0 radical (unpaired) electrons. The van der Waals surface area contributed by atoms with Gasteiger partial charge in [-0.1, -0.05) is 0 Å². The minimum absolute atomic E-state index is 0.0716. The smallest absolute Gasteiger partial charge is 0.305 e. The lowest BCUT2D eigenvalue weighted by atomic mass is 10.1. The average Bonchev–Trinajstić information content (AvgIpc) is 2.50. The summed E-state index contributed by atoms with van der Waals surface area (Å²) >= 11 is 0. The third-order valence-electron chi connectivity index (χ3n) is 3.14. The normalized spacial score (nSPS) is 10.1. The average molecular weight is 307 g/mol. The molecule has 1 amide bonds. The minimum atomic E-state index is -0.954. The summed E-state index contributed by atoms with van der Waals surface area (Å²) in [5.41, 5.74) is 0.532. The molecule has 0 fully saturated rings. The lowest BCUT2D eigenvalue weighted by Gasteiger charge is -2.15. The molecule has 0 unspecified atom stereocenters. The van der Waals surface area contributed by atoms with E-state index >= 15 is 0 Å². The number of carbonyl (C=O) groups is 3. The fourth-order valence-corrected chi connectivity index (χ4v) is 1.85. The van der Waals surface area contributed by atoms with Crippen LogP contribution in [0.15, 0.2) is 24.3 Å². The molecule has 0 bridgehead atoms. The Morgan fingerprint density at radius 1 is 1.09 bits per heavy atom. The Kier molecular flexibility index (Phi) is 7.08. The number of aliphatic carboxylic acids is 1. The van der Waals surface area contributed by atoms with Crippen LogP contribution in [0.1, 0.15) is 36.5 Å². The van der Waals surface area contributed by atoms with Crippen LogP contribution in [0.25, 0.3) is 0 Å². The zero-order valence-electron chi connectivity index (χ0n) is 12.9. The molecule has 6 heteroatoms. The van der Waals surface area contributed by atoms with Gasteiger partial charge in [0.1, 0.15) is 5.75 Å². The molecule has 0 aliphatic heterocycles. The van der Waals surface area contributed by atoms with Gasteiger partial charge >= 0.3 is 5.97 Å². The van der Waals surface area contributed by atoms with Gasteiger partial charge in [-0.25, -0.2) is 0 Å². The third-order valence-corrected chi connectivity index (χ3v) is 3.14. The van der Waals surface area contributed by atoms with Crippen molar-refractivity contribution in [2.75, 3.05) is 20.2 Å². The van der Waals surface area contributed by atoms with Crippen LogP contribution in [0.4, 0.5) is 0 Å². The second-order valence-electron chi connectivity index (χ2n) is 4.84. The molecule has 0 saturated carbocycles. The fourth-order valence-electron chi connectivity index (χ4n) is 1.85. The molecule has 0 aromatic heterocycles. The van der Waals surface area contributed by atoms with E-state index in [0.717, 1.165) is 0 Å². The van der Waals surface area contributed by atoms with Crippen molar-refractivity contribution < 1.29 is 24.2 Å². The van der Waals surface area contributed by atoms with E-state index in [1.807, 2.05) is 6.92 Å². The van der Waals surface area contributed by atoms with Crippen molar-refractivity contribution in [3.8, 4) is 5.75 Å². The first-order valence-corrected chi connectivity index (χ1v) is 7.15. The van der Waals surface area contributed by atoms with Crippen molar-refractivity contribution in [1.82, 2.24) is 4.90 Å². The van der Waals surface area contributed by atoms with E-state index in [1.165, 1.54) is 11.9 Å². The highest BCUT2D eigenvalue weighted by molar-refractivity contribution is 5.98. The second-order valence-corrected chi connectivity index (χ2v) is 4.84. The first kappa shape index (κ1) is 17.7. The zero-order valence-corrected chi connectivity index (χ0v) is 12.9. The van der Waals surface area contributed by atoms with E-state index in [-0.39, 0.29) is 37.5 Å². The Morgan fingerprint density at radius 3 is 2.27 bits per heavy atom. The highest BCUT2D eigenvalue weighted by Crippen LogP contribution is 2.14. The van der Waals surface area contributed by atoms with Crippen LogP contribution in [0.3, 0.4) is 0 Å². The van der Waals surface area contributed by atoms with Gasteiger partial charge in [0.15, 0.2) is 5.78 Å². The van der Waals surface area contributed by atoms with Gasteiger partial charge < -0.3 is 14.7 Å². The number of rotatable bonds is 9. The highest BCUT2D eigenvalue weighted by Gasteiger charge is 2.13. The van der Waals surface area contributed by atoms with Crippen LogP contribution >= 0.6 is 0 Å². The van der Waals surface area contributed by atoms with E-state index < -0.39 is 5.97 Å². The molecule has 0 aliphatic rings. The van der Waals surface area contributed by atoms with Crippen molar-refractivity contribution in [1.29, 1.82) is 0 Å². The van der Waals surface area contributed by atoms with Crippen LogP contribution in [-0.4, -0.2) is 47.9 Å². The molecule has 1 aromatic rings. The number of nitrogens with zero attached hydrogens (tertiary/aromatic N) is 1. The first-order valence-electron chi connectivity index (χ1n) is 7.15. The van der Waals surface area contributed by atoms with Gasteiger partial charge in [-0.2, -0.15) is 0 Å². The number of carbonyl (C=O) groups excluding carboxylic acids is 2. The summed E-state index contributed by atoms with van der Waals surface area (Å²) in [6.45, 7) is 2.58. The number of carboxylic acid groups (broad SMARTS) is 1. The number of amides is 1. The summed E-state index contributed by atoms with van der Waals surface area (Å²) in [4.78, 5) is 35.6. The number of carboxylic acids is 1. The standard InChI is InChI=1S/C16H21NO5/c1-3-22-13-6-4-12(5-7-13)14(18)8-9-15(19)17(2)11-10-16(20)21/h4-7H,3,8-11H2,1-2H3,(H,20,21). The SMILES string of the molecule is CCOc1ccc(C(=O)CCC(=O)N(C)CCC(=O)O)cc1. The molecule has 1 N–H and O–H groups in total. The molecular formula is C16H21NO5. The maximum Gasteiger partial charge on any atom is 0.305 e. The van der Waals surface area contributed by atoms with Crippen molar-refractivity contribution >= 4 is 17.7 Å². The Labute approximate surface area is 129 Å². The van der Waals surface area contributed by atoms with Gasteiger partial charge in [0.05, 0.1) is 13.0 Å². The Morgan fingerprint density at radius 2 is 1.73 bits per heavy atom. The summed E-state index contributed by atoms with van der Waals surface area (Å²) in [5, 5.41) is 8.57. The lowest BCUT2D eigenvalue weighted by molar-refractivity contribution is -0.138. The molecule has 0 heterocycles. The van der Waals surface area contributed by atoms with Gasteiger partial charge in [0.25, 0.3) is 0 Å². The molecule has 120 valence electrons. The van der Waals surface area contributed by atoms with Crippen LogP contribution in [-0.2, 0) is 9.59 Å². The summed E-state index contributed by atoms with van der Waals surface area (Å²) in [6, 6.07) is 6.78. The van der Waals surface area contributed by atoms with Gasteiger partial charge in [0.2, 0.25) is 5.91 Å². The molecule has 0 aliphatic carbocycles. The van der Waals surface area contributed by atoms with Crippen molar-refractivity contribution in [2.45, 2.75) is 26.2 Å². The molecule has 1 aromatic carbocycles. The molecule has 1 rings (SSSR count). The Bertz CT molecular complexity index is 524. The van der Waals surface area contributed by atoms with Crippen molar-refractivity contribution in [2.24, 2.45) is 0 Å². The largest absolute Gasteiger partial charge is 0.494 e. The van der Waals surface area contributed by atoms with E-state index in [9.17, 15) is 14.4 Å². The Hall–Kier alpha value is -2.37. The van der Waals surface area contributed by atoms with Gasteiger partial charge in [-0.05, 0) is 31.2 Å². The van der Waals surface area contributed by atoms with Crippen LogP contribution in [0, 0.1) is 0 Å². The lowest BCUT2D eigenvalue weighted by Crippen LogP contribution is -2.29. The Balaban J connectivity index is 2.44. The van der Waals surface area contributed by atoms with E-state index in [4.69, 9.17) is 9.84 Å². The van der Waals surface area contributed by atoms with Crippen LogP contribution in [0.2, 0.25) is 0 Å². The second kappa shape index (κ2) is 8.81. The minimum Gasteiger partial charge on any atom is -0.494 e. The summed E-state index contributed by atoms with van der Waals surface area (Å²) in [6.07, 6.45) is 0.0709. The van der Waals surface area contributed by atoms with Crippen LogP contribution < -0.4 is 4.74 Å². The number of ether oxygens (including phenoxy) is 1. The molecule has 6 nitrogen and oxygen atoms in total. The molecular weight excluding hydrogens is 286 g/mol. The predicted molar refractivity (Wildman–Crippen MR) is 81.1 cm³/mol. The first-order chi connectivity index (χ1) is 10.4. The van der Waals surface area contributed by atoms with Crippen molar-refractivity contribution in [3.05, 3.63) is 29.8 Å². The van der Waals surface area contributed by atoms with Crippen LogP contribution in [0.5, 0.6) is 5.75 Å². The van der Waals surface area contributed by atoms with Gasteiger partial charge in [-0.15, -0.1) is 0 Å². The van der Waals surface area contributed by atoms with Gasteiger partial charge in [-0.3, -0.25) is 14.4 Å². The molecule has 22 heavy (non-hydrogen) atoms. The van der Waals surface area contributed by atoms with Gasteiger partial charge in [0, 0.05) is 32.0 Å². The van der Waals surface area contributed by atoms with E-state index in [0.29, 0.717) is 17.9 Å². The highest BCUT2D eigenvalue weighted by atomic mass is 16.5.